The van der Waals surface area contributed by atoms with Crippen molar-refractivity contribution in [2.45, 2.75) is 140 Å². The summed E-state index contributed by atoms with van der Waals surface area (Å²) >= 11 is 0. The van der Waals surface area contributed by atoms with Crippen LogP contribution in [0.2, 0.25) is 0 Å². The number of carbonyl (C=O) groups excluding carboxylic acids is 1. The van der Waals surface area contributed by atoms with Gasteiger partial charge in [0.05, 0.1) is 11.0 Å². The second kappa shape index (κ2) is 10.1. The molecule has 5 atom stereocenters. The zero-order chi connectivity index (χ0) is 26.7. The quantitative estimate of drug-likeness (QED) is 0.402. The molecule has 0 radical (unpaired) electrons. The molecule has 4 heterocycles. The highest BCUT2D eigenvalue weighted by Gasteiger charge is 2.46. The molecule has 3 aliphatic heterocycles. The first-order valence-corrected chi connectivity index (χ1v) is 16.1. The van der Waals surface area contributed by atoms with E-state index in [0.717, 1.165) is 48.7 Å². The molecule has 212 valence electrons. The van der Waals surface area contributed by atoms with Crippen molar-refractivity contribution in [1.29, 1.82) is 0 Å². The molecule has 2 saturated carbocycles. The number of fused-ring (bicyclic) bond motifs is 5. The lowest BCUT2D eigenvalue weighted by Gasteiger charge is -2.55. The summed E-state index contributed by atoms with van der Waals surface area (Å²) in [7, 11) is 0. The van der Waals surface area contributed by atoms with Crippen LogP contribution in [0.5, 0.6) is 0 Å². The van der Waals surface area contributed by atoms with E-state index in [1.54, 1.807) is 0 Å². The average Bonchev–Trinajstić information content (AvgIpc) is 3.52. The highest BCUT2D eigenvalue weighted by Crippen LogP contribution is 2.48. The number of rotatable bonds is 4. The number of hydrogen-bond donors (Lipinski definition) is 0. The minimum absolute atomic E-state index is 0.104. The van der Waals surface area contributed by atoms with Crippen molar-refractivity contribution in [2.24, 2.45) is 11.8 Å². The Hall–Kier alpha value is -2.08. The van der Waals surface area contributed by atoms with E-state index in [9.17, 15) is 4.79 Å². The minimum atomic E-state index is -0.479. The van der Waals surface area contributed by atoms with Crippen molar-refractivity contribution >= 4 is 23.0 Å². The van der Waals surface area contributed by atoms with Gasteiger partial charge in [-0.1, -0.05) is 37.8 Å². The first-order valence-electron chi connectivity index (χ1n) is 16.1. The Labute approximate surface area is 234 Å². The van der Waals surface area contributed by atoms with Crippen molar-refractivity contribution in [3.05, 3.63) is 24.3 Å². The highest BCUT2D eigenvalue weighted by molar-refractivity contribution is 5.83. The molecular formula is C33H48N4O2. The normalized spacial score (nSPS) is 35.4. The number of esters is 1. The number of hydrogen-bond acceptors (Lipinski definition) is 5. The maximum absolute atomic E-state index is 13.3. The lowest BCUT2D eigenvalue weighted by atomic mass is 9.68. The van der Waals surface area contributed by atoms with Crippen LogP contribution in [-0.4, -0.2) is 56.7 Å². The Bertz CT molecular complexity index is 1170. The number of ether oxygens (including phenoxy) is 1. The van der Waals surface area contributed by atoms with E-state index in [2.05, 4.69) is 38.6 Å². The van der Waals surface area contributed by atoms with Gasteiger partial charge >= 0.3 is 5.97 Å². The molecule has 1 aromatic carbocycles. The number of anilines is 1. The van der Waals surface area contributed by atoms with Gasteiger partial charge in [-0.15, -0.1) is 0 Å². The van der Waals surface area contributed by atoms with E-state index in [1.807, 2.05) is 20.8 Å². The summed E-state index contributed by atoms with van der Waals surface area (Å²) in [5, 5.41) is 0. The molecule has 1 aromatic heterocycles. The van der Waals surface area contributed by atoms with E-state index in [-0.39, 0.29) is 12.0 Å². The van der Waals surface area contributed by atoms with Gasteiger partial charge < -0.3 is 14.2 Å². The van der Waals surface area contributed by atoms with E-state index in [0.29, 0.717) is 18.1 Å². The average molecular weight is 533 g/mol. The van der Waals surface area contributed by atoms with Crippen LogP contribution in [0.1, 0.15) is 110 Å². The molecule has 7 rings (SSSR count). The predicted octanol–water partition coefficient (Wildman–Crippen LogP) is 6.87. The van der Waals surface area contributed by atoms with E-state index in [4.69, 9.17) is 9.72 Å². The van der Waals surface area contributed by atoms with Crippen molar-refractivity contribution in [1.82, 2.24) is 14.5 Å². The molecule has 5 aliphatic rings. The lowest BCUT2D eigenvalue weighted by molar-refractivity contribution is -0.156. The topological polar surface area (TPSA) is 50.6 Å². The summed E-state index contributed by atoms with van der Waals surface area (Å²) < 4.78 is 8.43. The summed E-state index contributed by atoms with van der Waals surface area (Å²) in [6.07, 6.45) is 17.1. The number of imidazole rings is 1. The van der Waals surface area contributed by atoms with Gasteiger partial charge in [0.1, 0.15) is 11.6 Å². The molecule has 4 bridgehead atoms. The van der Waals surface area contributed by atoms with E-state index >= 15 is 0 Å². The fraction of sp³-hybridized carbons (Fsp3) is 0.758. The Morgan fingerprint density at radius 1 is 0.821 bits per heavy atom. The van der Waals surface area contributed by atoms with Gasteiger partial charge in [0.2, 0.25) is 5.95 Å². The Morgan fingerprint density at radius 3 is 2.23 bits per heavy atom. The van der Waals surface area contributed by atoms with Crippen LogP contribution >= 0.6 is 0 Å². The molecule has 39 heavy (non-hydrogen) atoms. The Morgan fingerprint density at radius 2 is 1.51 bits per heavy atom. The number of para-hydroxylation sites is 2. The SMILES string of the molecule is CC(C)(C)OC(=O)C1CCCN1c1nc2ccccc2n1C1CC2CCCC(C1)N2C1CC2CCCC(C2)C1. The van der Waals surface area contributed by atoms with Crippen LogP contribution in [0.4, 0.5) is 5.95 Å². The summed E-state index contributed by atoms with van der Waals surface area (Å²) in [4.78, 5) is 23.8. The Kier molecular flexibility index (Phi) is 6.68. The van der Waals surface area contributed by atoms with Gasteiger partial charge in [-0.25, -0.2) is 9.78 Å². The first kappa shape index (κ1) is 25.9. The van der Waals surface area contributed by atoms with Gasteiger partial charge in [-0.05, 0) is 103 Å². The predicted molar refractivity (Wildman–Crippen MR) is 156 cm³/mol. The molecule has 6 heteroatoms. The minimum Gasteiger partial charge on any atom is -0.458 e. The summed E-state index contributed by atoms with van der Waals surface area (Å²) in [5.74, 6) is 2.84. The third-order valence-corrected chi connectivity index (χ3v) is 10.7. The highest BCUT2D eigenvalue weighted by atomic mass is 16.6. The number of nitrogens with zero attached hydrogens (tertiary/aromatic N) is 4. The van der Waals surface area contributed by atoms with Crippen molar-refractivity contribution in [3.63, 3.8) is 0 Å². The molecule has 2 aromatic rings. The van der Waals surface area contributed by atoms with Crippen LogP contribution in [0.3, 0.4) is 0 Å². The van der Waals surface area contributed by atoms with Crippen LogP contribution in [0.25, 0.3) is 11.0 Å². The van der Waals surface area contributed by atoms with Crippen LogP contribution in [0.15, 0.2) is 24.3 Å². The molecule has 3 saturated heterocycles. The Balaban J connectivity index is 1.19. The van der Waals surface area contributed by atoms with Crippen LogP contribution in [0, 0.1) is 11.8 Å². The maximum Gasteiger partial charge on any atom is 0.329 e. The molecule has 5 unspecified atom stereocenters. The molecule has 6 nitrogen and oxygen atoms in total. The first-order chi connectivity index (χ1) is 18.8. The maximum atomic E-state index is 13.3. The number of aromatic nitrogens is 2. The standard InChI is InChI=1S/C33H48N4O2/c1-33(2,3)39-31(38)30-15-8-16-35(30)32-34-28-13-4-5-14-29(28)37(32)27-20-24-11-7-12-25(21-27)36(24)26-18-22-9-6-10-23(17-22)19-26/h4-5,13-14,22-27,30H,6-12,15-21H2,1-3H3. The summed E-state index contributed by atoms with van der Waals surface area (Å²) in [5.41, 5.74) is 1.80. The van der Waals surface area contributed by atoms with Crippen molar-refractivity contribution in [3.8, 4) is 0 Å². The summed E-state index contributed by atoms with van der Waals surface area (Å²) in [6.45, 7) is 6.76. The molecule has 0 N–H and O–H groups in total. The molecule has 2 aliphatic carbocycles. The second-order valence-electron chi connectivity index (χ2n) is 14.5. The van der Waals surface area contributed by atoms with Gasteiger partial charge in [-0.3, -0.25) is 4.90 Å². The van der Waals surface area contributed by atoms with Crippen molar-refractivity contribution in [2.75, 3.05) is 11.4 Å². The third kappa shape index (κ3) is 4.89. The van der Waals surface area contributed by atoms with Crippen LogP contribution in [-0.2, 0) is 9.53 Å². The molecular weight excluding hydrogens is 484 g/mol. The molecule has 0 spiro atoms. The molecule has 5 fully saturated rings. The number of benzene rings is 1. The van der Waals surface area contributed by atoms with Gasteiger partial charge in [-0.2, -0.15) is 0 Å². The summed E-state index contributed by atoms with van der Waals surface area (Å²) in [6, 6.07) is 11.0. The number of carbonyl (C=O) groups is 1. The fourth-order valence-electron chi connectivity index (χ4n) is 9.35. The van der Waals surface area contributed by atoms with E-state index < -0.39 is 5.60 Å². The smallest absolute Gasteiger partial charge is 0.329 e. The zero-order valence-corrected chi connectivity index (χ0v) is 24.4. The monoisotopic (exact) mass is 532 g/mol. The number of piperidine rings is 2. The van der Waals surface area contributed by atoms with Gasteiger partial charge in [0.15, 0.2) is 0 Å². The molecule has 0 amide bonds. The lowest BCUT2D eigenvalue weighted by Crippen LogP contribution is -2.58. The fourth-order valence-corrected chi connectivity index (χ4v) is 9.35. The zero-order valence-electron chi connectivity index (χ0n) is 24.4. The van der Waals surface area contributed by atoms with Gasteiger partial charge in [0.25, 0.3) is 0 Å². The van der Waals surface area contributed by atoms with E-state index in [1.165, 1.54) is 76.1 Å². The second-order valence-corrected chi connectivity index (χ2v) is 14.5. The largest absolute Gasteiger partial charge is 0.458 e. The van der Waals surface area contributed by atoms with Gasteiger partial charge in [0, 0.05) is 30.7 Å². The van der Waals surface area contributed by atoms with Crippen molar-refractivity contribution < 1.29 is 9.53 Å². The van der Waals surface area contributed by atoms with Crippen LogP contribution < -0.4 is 4.90 Å². The third-order valence-electron chi connectivity index (χ3n) is 10.7.